The zero-order valence-electron chi connectivity index (χ0n) is 12.3. The van der Waals surface area contributed by atoms with E-state index in [-0.39, 0.29) is 12.1 Å². The highest BCUT2D eigenvalue weighted by atomic mass is 32.1. The minimum Gasteiger partial charge on any atom is -0.390 e. The summed E-state index contributed by atoms with van der Waals surface area (Å²) in [7, 11) is 0. The van der Waals surface area contributed by atoms with Crippen molar-refractivity contribution in [3.63, 3.8) is 0 Å². The molecule has 0 radical (unpaired) electrons. The average molecular weight is 328 g/mol. The molecule has 2 aromatic heterocycles. The second kappa shape index (κ2) is 5.68. The van der Waals surface area contributed by atoms with Crippen LogP contribution in [0.4, 0.5) is 4.79 Å². The van der Waals surface area contributed by atoms with Crippen LogP contribution in [0.25, 0.3) is 4.96 Å². The summed E-state index contributed by atoms with van der Waals surface area (Å²) >= 11 is 1.55. The van der Waals surface area contributed by atoms with Gasteiger partial charge in [0.05, 0.1) is 24.4 Å². The van der Waals surface area contributed by atoms with Crippen LogP contribution in [0.2, 0.25) is 0 Å². The van der Waals surface area contributed by atoms with Crippen molar-refractivity contribution in [2.45, 2.75) is 25.1 Å². The van der Waals surface area contributed by atoms with Crippen molar-refractivity contribution < 1.29 is 9.90 Å². The smallest absolute Gasteiger partial charge is 0.315 e. The van der Waals surface area contributed by atoms with Crippen molar-refractivity contribution in [3.05, 3.63) is 58.9 Å². The van der Waals surface area contributed by atoms with Gasteiger partial charge in [-0.1, -0.05) is 24.3 Å². The number of aromatic nitrogens is 2. The van der Waals surface area contributed by atoms with Gasteiger partial charge in [0.25, 0.3) is 0 Å². The summed E-state index contributed by atoms with van der Waals surface area (Å²) in [5.74, 6) is 0. The number of imidazole rings is 1. The van der Waals surface area contributed by atoms with Gasteiger partial charge in [0.15, 0.2) is 4.96 Å². The van der Waals surface area contributed by atoms with E-state index < -0.39 is 6.10 Å². The van der Waals surface area contributed by atoms with Crippen molar-refractivity contribution in [1.29, 1.82) is 0 Å². The molecule has 6 nitrogen and oxygen atoms in total. The minimum absolute atomic E-state index is 0.304. The Morgan fingerprint density at radius 1 is 1.43 bits per heavy atom. The molecule has 3 aromatic rings. The summed E-state index contributed by atoms with van der Waals surface area (Å²) in [5.41, 5.74) is 2.87. The molecule has 0 unspecified atom stereocenters. The van der Waals surface area contributed by atoms with Crippen LogP contribution < -0.4 is 10.6 Å². The number of carbonyl (C=O) groups is 1. The summed E-state index contributed by atoms with van der Waals surface area (Å²) in [6.45, 7) is 0.352. The molecule has 2 atom stereocenters. The van der Waals surface area contributed by atoms with Crippen LogP contribution in [0.5, 0.6) is 0 Å². The highest BCUT2D eigenvalue weighted by molar-refractivity contribution is 7.15. The molecule has 1 aliphatic carbocycles. The normalized spacial score (nSPS) is 19.7. The third kappa shape index (κ3) is 2.69. The molecule has 2 amide bonds. The number of rotatable bonds is 3. The Hall–Kier alpha value is -2.38. The molecule has 1 aliphatic rings. The van der Waals surface area contributed by atoms with Gasteiger partial charge in [-0.3, -0.25) is 4.40 Å². The molecule has 0 aliphatic heterocycles. The fourth-order valence-electron chi connectivity index (χ4n) is 2.97. The summed E-state index contributed by atoms with van der Waals surface area (Å²) in [4.78, 5) is 17.4. The molecule has 0 fully saturated rings. The molecule has 7 heteroatoms. The predicted octanol–water partition coefficient (Wildman–Crippen LogP) is 1.85. The number of hydrogen-bond donors (Lipinski definition) is 3. The van der Waals surface area contributed by atoms with E-state index >= 15 is 0 Å². The first-order valence-corrected chi connectivity index (χ1v) is 8.30. The number of fused-ring (bicyclic) bond motifs is 2. The minimum atomic E-state index is -0.587. The van der Waals surface area contributed by atoms with E-state index in [0.717, 1.165) is 21.8 Å². The number of thiazole rings is 1. The highest BCUT2D eigenvalue weighted by Gasteiger charge is 2.31. The van der Waals surface area contributed by atoms with Crippen LogP contribution in [-0.2, 0) is 13.0 Å². The van der Waals surface area contributed by atoms with E-state index in [1.165, 1.54) is 0 Å². The van der Waals surface area contributed by atoms with Crippen LogP contribution in [-0.4, -0.2) is 26.6 Å². The van der Waals surface area contributed by atoms with Crippen LogP contribution in [0.1, 0.15) is 22.9 Å². The van der Waals surface area contributed by atoms with Gasteiger partial charge in [0, 0.05) is 24.2 Å². The van der Waals surface area contributed by atoms with Gasteiger partial charge in [-0.25, -0.2) is 9.78 Å². The number of carbonyl (C=O) groups excluding carboxylic acids is 1. The quantitative estimate of drug-likeness (QED) is 0.686. The number of nitrogens with zero attached hydrogens (tertiary/aromatic N) is 2. The highest BCUT2D eigenvalue weighted by Crippen LogP contribution is 2.31. The maximum Gasteiger partial charge on any atom is 0.315 e. The van der Waals surface area contributed by atoms with E-state index in [1.54, 1.807) is 11.3 Å². The van der Waals surface area contributed by atoms with E-state index in [2.05, 4.69) is 15.6 Å². The molecule has 4 rings (SSSR count). The Kier molecular flexibility index (Phi) is 3.51. The molecule has 118 valence electrons. The topological polar surface area (TPSA) is 78.7 Å². The van der Waals surface area contributed by atoms with E-state index in [1.807, 2.05) is 46.4 Å². The fraction of sp³-hybridized carbons (Fsp3) is 0.250. The van der Waals surface area contributed by atoms with Crippen LogP contribution in [0, 0.1) is 0 Å². The lowest BCUT2D eigenvalue weighted by molar-refractivity contribution is 0.142. The molecule has 0 saturated heterocycles. The Morgan fingerprint density at radius 3 is 3.17 bits per heavy atom. The number of nitrogens with one attached hydrogen (secondary N) is 2. The van der Waals surface area contributed by atoms with Gasteiger partial charge in [-0.15, -0.1) is 11.3 Å². The predicted molar refractivity (Wildman–Crippen MR) is 87.3 cm³/mol. The Labute approximate surface area is 136 Å². The third-order valence-electron chi connectivity index (χ3n) is 4.06. The molecule has 2 heterocycles. The van der Waals surface area contributed by atoms with Crippen molar-refractivity contribution in [3.8, 4) is 0 Å². The van der Waals surface area contributed by atoms with E-state index in [4.69, 9.17) is 0 Å². The molecule has 0 bridgehead atoms. The molecule has 0 saturated carbocycles. The van der Waals surface area contributed by atoms with Crippen molar-refractivity contribution in [1.82, 2.24) is 20.0 Å². The number of aliphatic hydroxyl groups excluding tert-OH is 1. The molecule has 0 spiro atoms. The number of amides is 2. The number of aliphatic hydroxyl groups is 1. The largest absolute Gasteiger partial charge is 0.390 e. The van der Waals surface area contributed by atoms with Crippen LogP contribution >= 0.6 is 11.3 Å². The summed E-state index contributed by atoms with van der Waals surface area (Å²) in [6, 6.07) is 7.12. The lowest BCUT2D eigenvalue weighted by Crippen LogP contribution is -2.40. The summed E-state index contributed by atoms with van der Waals surface area (Å²) in [6.07, 6.45) is 3.81. The SMILES string of the molecule is O=C(NCc1cn2ccsc2n1)N[C@H]1c2ccccc2C[C@H]1O. The van der Waals surface area contributed by atoms with Gasteiger partial charge in [0.1, 0.15) is 0 Å². The van der Waals surface area contributed by atoms with Crippen molar-refractivity contribution in [2.24, 2.45) is 0 Å². The standard InChI is InChI=1S/C16H16N4O2S/c21-13-7-10-3-1-2-4-12(10)14(13)19-15(22)17-8-11-9-20-5-6-23-16(20)18-11/h1-6,9,13-14,21H,7-8H2,(H2,17,19,22)/t13-,14+/m1/s1. The molecule has 3 N–H and O–H groups in total. The number of urea groups is 1. The van der Waals surface area contributed by atoms with Crippen LogP contribution in [0.3, 0.4) is 0 Å². The zero-order chi connectivity index (χ0) is 15.8. The monoisotopic (exact) mass is 328 g/mol. The second-order valence-electron chi connectivity index (χ2n) is 5.60. The Balaban J connectivity index is 1.39. The molecular formula is C16H16N4O2S. The maximum atomic E-state index is 12.1. The lowest BCUT2D eigenvalue weighted by atomic mass is 10.1. The molecular weight excluding hydrogens is 312 g/mol. The molecule has 23 heavy (non-hydrogen) atoms. The summed E-state index contributed by atoms with van der Waals surface area (Å²) in [5, 5.41) is 17.8. The zero-order valence-corrected chi connectivity index (χ0v) is 13.1. The lowest BCUT2D eigenvalue weighted by Gasteiger charge is -2.18. The van der Waals surface area contributed by atoms with Gasteiger partial charge < -0.3 is 15.7 Å². The van der Waals surface area contributed by atoms with E-state index in [9.17, 15) is 9.90 Å². The Bertz CT molecular complexity index is 828. The van der Waals surface area contributed by atoms with Crippen LogP contribution in [0.15, 0.2) is 42.0 Å². The first kappa shape index (κ1) is 14.2. The second-order valence-corrected chi connectivity index (χ2v) is 6.47. The molecule has 1 aromatic carbocycles. The first-order valence-electron chi connectivity index (χ1n) is 7.42. The Morgan fingerprint density at radius 2 is 2.30 bits per heavy atom. The van der Waals surface area contributed by atoms with Gasteiger partial charge >= 0.3 is 6.03 Å². The van der Waals surface area contributed by atoms with E-state index in [0.29, 0.717) is 13.0 Å². The fourth-order valence-corrected chi connectivity index (χ4v) is 3.69. The van der Waals surface area contributed by atoms with Gasteiger partial charge in [-0.2, -0.15) is 0 Å². The first-order chi connectivity index (χ1) is 11.2. The third-order valence-corrected chi connectivity index (χ3v) is 4.83. The number of hydrogen-bond acceptors (Lipinski definition) is 4. The van der Waals surface area contributed by atoms with Gasteiger partial charge in [0.2, 0.25) is 0 Å². The van der Waals surface area contributed by atoms with Gasteiger partial charge in [-0.05, 0) is 11.1 Å². The average Bonchev–Trinajstić information content (AvgIpc) is 3.19. The maximum absolute atomic E-state index is 12.1. The number of benzene rings is 1. The van der Waals surface area contributed by atoms with Crippen molar-refractivity contribution in [2.75, 3.05) is 0 Å². The van der Waals surface area contributed by atoms with Crippen molar-refractivity contribution >= 4 is 22.3 Å². The summed E-state index contributed by atoms with van der Waals surface area (Å²) < 4.78 is 1.93.